The van der Waals surface area contributed by atoms with Gasteiger partial charge in [0.2, 0.25) is 0 Å². The van der Waals surface area contributed by atoms with Crippen molar-refractivity contribution in [3.8, 4) is 11.1 Å². The number of fused-ring (bicyclic) bond motifs is 1. The van der Waals surface area contributed by atoms with Crippen molar-refractivity contribution in [3.63, 3.8) is 0 Å². The number of nitrogens with zero attached hydrogens (tertiary/aromatic N) is 3. The Morgan fingerprint density at radius 2 is 2.09 bits per heavy atom. The molecule has 174 valence electrons. The van der Waals surface area contributed by atoms with E-state index < -0.39 is 5.41 Å². The number of carbonyl (C=O) groups excluding carboxylic acids is 1. The maximum atomic E-state index is 13.9. The number of carbonyl (C=O) groups is 1. The van der Waals surface area contributed by atoms with Crippen molar-refractivity contribution in [1.82, 2.24) is 15.6 Å². The molecule has 1 saturated heterocycles. The van der Waals surface area contributed by atoms with Crippen molar-refractivity contribution in [2.24, 2.45) is 10.2 Å². The monoisotopic (exact) mass is 455 g/mol. The summed E-state index contributed by atoms with van der Waals surface area (Å²) in [7, 11) is 0. The van der Waals surface area contributed by atoms with Gasteiger partial charge in [-0.3, -0.25) is 9.78 Å². The third-order valence-electron chi connectivity index (χ3n) is 7.76. The second-order valence-corrected chi connectivity index (χ2v) is 9.81. The van der Waals surface area contributed by atoms with E-state index in [9.17, 15) is 4.79 Å². The zero-order valence-corrected chi connectivity index (χ0v) is 19.6. The van der Waals surface area contributed by atoms with E-state index >= 15 is 0 Å². The number of aryl methyl sites for hydroxylation is 1. The molecule has 1 fully saturated rings. The Hall–Kier alpha value is -3.32. The van der Waals surface area contributed by atoms with E-state index in [0.29, 0.717) is 6.61 Å². The molecule has 2 aromatic rings. The highest BCUT2D eigenvalue weighted by Crippen LogP contribution is 2.52. The van der Waals surface area contributed by atoms with Gasteiger partial charge in [0, 0.05) is 36.2 Å². The summed E-state index contributed by atoms with van der Waals surface area (Å²) in [5.74, 6) is -0.0162. The molecule has 0 aliphatic carbocycles. The summed E-state index contributed by atoms with van der Waals surface area (Å²) in [6, 6.07) is 12.7. The van der Waals surface area contributed by atoms with Crippen molar-refractivity contribution < 1.29 is 9.53 Å². The SMILES string of the molecule is CC[C@@]1(c2cccc(-c3ccnc(C)c3)c2)C2=CN=NC2NC2=C1C(=O)N[C@]1(CCCOC1)C2. The average Bonchev–Trinajstić information content (AvgIpc) is 3.32. The number of ether oxygens (including phenoxy) is 1. The molecule has 1 aromatic carbocycles. The number of hydrogen-bond donors (Lipinski definition) is 2. The summed E-state index contributed by atoms with van der Waals surface area (Å²) >= 11 is 0. The second-order valence-electron chi connectivity index (χ2n) is 9.81. The molecule has 1 aromatic heterocycles. The van der Waals surface area contributed by atoms with Crippen LogP contribution in [0.25, 0.3) is 11.1 Å². The fraction of sp³-hybridized carbons (Fsp3) is 0.407. The van der Waals surface area contributed by atoms with E-state index in [-0.39, 0.29) is 17.6 Å². The lowest BCUT2D eigenvalue weighted by Gasteiger charge is -2.50. The molecule has 2 N–H and O–H groups in total. The van der Waals surface area contributed by atoms with Gasteiger partial charge in [-0.05, 0) is 61.1 Å². The number of hydrogen-bond acceptors (Lipinski definition) is 6. The molecule has 7 nitrogen and oxygen atoms in total. The molecule has 34 heavy (non-hydrogen) atoms. The second kappa shape index (κ2) is 7.87. The van der Waals surface area contributed by atoms with Gasteiger partial charge in [0.25, 0.3) is 5.91 Å². The fourth-order valence-corrected chi connectivity index (χ4v) is 6.22. The third kappa shape index (κ3) is 3.14. The Bertz CT molecular complexity index is 1260. The maximum absolute atomic E-state index is 13.9. The predicted molar refractivity (Wildman–Crippen MR) is 129 cm³/mol. The number of aromatic nitrogens is 1. The van der Waals surface area contributed by atoms with Gasteiger partial charge >= 0.3 is 0 Å². The third-order valence-corrected chi connectivity index (χ3v) is 7.76. The molecule has 0 saturated carbocycles. The molecule has 0 radical (unpaired) electrons. The van der Waals surface area contributed by atoms with Crippen LogP contribution in [0.1, 0.15) is 43.9 Å². The first kappa shape index (κ1) is 21.2. The van der Waals surface area contributed by atoms with Crippen LogP contribution >= 0.6 is 0 Å². The van der Waals surface area contributed by atoms with Gasteiger partial charge in [0.05, 0.1) is 29.3 Å². The van der Waals surface area contributed by atoms with Gasteiger partial charge in [-0.1, -0.05) is 25.1 Å². The normalized spacial score (nSPS) is 29.9. The van der Waals surface area contributed by atoms with Gasteiger partial charge in [-0.15, -0.1) is 0 Å². The Morgan fingerprint density at radius 3 is 2.88 bits per heavy atom. The van der Waals surface area contributed by atoms with Crippen LogP contribution < -0.4 is 10.6 Å². The van der Waals surface area contributed by atoms with Crippen LogP contribution in [0.4, 0.5) is 0 Å². The van der Waals surface area contributed by atoms with E-state index in [1.807, 2.05) is 25.4 Å². The van der Waals surface area contributed by atoms with Gasteiger partial charge in [-0.25, -0.2) is 0 Å². The molecule has 7 heteroatoms. The predicted octanol–water partition coefficient (Wildman–Crippen LogP) is 4.31. The standard InChI is InChI=1S/C27H29N5O2/c1-3-27(20-7-4-6-18(13-20)19-8-10-28-17(2)12-19)21-15-29-32-24(21)30-22-14-26(9-5-11-34-16-26)31-25(33)23(22)27/h4,6-8,10,12-13,15,24,30H,3,5,9,11,14,16H2,1-2H3,(H,31,33)/t24?,26-,27-/m1/s1. The molecular formula is C27H29N5O2. The Labute approximate surface area is 199 Å². The van der Waals surface area contributed by atoms with E-state index in [0.717, 1.165) is 71.5 Å². The molecule has 5 heterocycles. The van der Waals surface area contributed by atoms with E-state index in [2.05, 4.69) is 63.1 Å². The van der Waals surface area contributed by atoms with E-state index in [1.165, 1.54) is 0 Å². The quantitative estimate of drug-likeness (QED) is 0.722. The Balaban J connectivity index is 1.52. The summed E-state index contributed by atoms with van der Waals surface area (Å²) in [5.41, 5.74) is 6.13. The molecule has 3 atom stereocenters. The van der Waals surface area contributed by atoms with Crippen molar-refractivity contribution in [1.29, 1.82) is 0 Å². The van der Waals surface area contributed by atoms with Gasteiger partial charge in [0.1, 0.15) is 0 Å². The lowest BCUT2D eigenvalue weighted by Crippen LogP contribution is -2.62. The van der Waals surface area contributed by atoms with Crippen LogP contribution in [-0.2, 0) is 14.9 Å². The average molecular weight is 456 g/mol. The molecular weight excluding hydrogens is 426 g/mol. The van der Waals surface area contributed by atoms with Crippen LogP contribution in [0, 0.1) is 6.92 Å². The molecule has 0 bridgehead atoms. The number of pyridine rings is 1. The number of azo groups is 1. The topological polar surface area (TPSA) is 88.0 Å². The number of nitrogens with one attached hydrogen (secondary N) is 2. The number of benzene rings is 1. The van der Waals surface area contributed by atoms with E-state index in [4.69, 9.17) is 4.74 Å². The minimum atomic E-state index is -0.603. The molecule has 1 unspecified atom stereocenters. The van der Waals surface area contributed by atoms with Crippen LogP contribution in [0.5, 0.6) is 0 Å². The molecule has 4 aliphatic rings. The summed E-state index contributed by atoms with van der Waals surface area (Å²) in [6.45, 7) is 5.44. The van der Waals surface area contributed by atoms with Crippen LogP contribution in [-0.4, -0.2) is 35.8 Å². The van der Waals surface area contributed by atoms with Crippen LogP contribution in [0.15, 0.2) is 75.9 Å². The molecule has 4 aliphatic heterocycles. The summed E-state index contributed by atoms with van der Waals surface area (Å²) in [5, 5.41) is 15.7. The first-order chi connectivity index (χ1) is 16.5. The minimum absolute atomic E-state index is 0.0162. The van der Waals surface area contributed by atoms with Crippen LogP contribution in [0.2, 0.25) is 0 Å². The first-order valence-corrected chi connectivity index (χ1v) is 12.1. The lowest BCUT2D eigenvalue weighted by molar-refractivity contribution is -0.123. The van der Waals surface area contributed by atoms with Gasteiger partial charge in [-0.2, -0.15) is 10.2 Å². The fourth-order valence-electron chi connectivity index (χ4n) is 6.22. The lowest BCUT2D eigenvalue weighted by atomic mass is 9.61. The van der Waals surface area contributed by atoms with Crippen molar-refractivity contribution >= 4 is 5.91 Å². The minimum Gasteiger partial charge on any atom is -0.379 e. The van der Waals surface area contributed by atoms with Crippen LogP contribution in [0.3, 0.4) is 0 Å². The number of amides is 1. The molecule has 1 amide bonds. The van der Waals surface area contributed by atoms with Crippen molar-refractivity contribution in [3.05, 3.63) is 76.9 Å². The largest absolute Gasteiger partial charge is 0.379 e. The summed E-state index contributed by atoms with van der Waals surface area (Å²) in [6.07, 6.45) is 6.75. The summed E-state index contributed by atoms with van der Waals surface area (Å²) in [4.78, 5) is 18.2. The maximum Gasteiger partial charge on any atom is 0.250 e. The van der Waals surface area contributed by atoms with Crippen molar-refractivity contribution in [2.45, 2.75) is 56.7 Å². The summed E-state index contributed by atoms with van der Waals surface area (Å²) < 4.78 is 5.79. The first-order valence-electron chi connectivity index (χ1n) is 12.1. The molecule has 6 rings (SSSR count). The zero-order valence-electron chi connectivity index (χ0n) is 19.6. The van der Waals surface area contributed by atoms with E-state index in [1.54, 1.807) is 0 Å². The highest BCUT2D eigenvalue weighted by molar-refractivity contribution is 6.00. The number of rotatable bonds is 3. The Morgan fingerprint density at radius 1 is 1.21 bits per heavy atom. The van der Waals surface area contributed by atoms with Crippen molar-refractivity contribution in [2.75, 3.05) is 13.2 Å². The Kier molecular flexibility index (Phi) is 4.92. The smallest absolute Gasteiger partial charge is 0.250 e. The molecule has 1 spiro atoms. The zero-order chi connectivity index (χ0) is 23.3. The highest BCUT2D eigenvalue weighted by Gasteiger charge is 2.54. The van der Waals surface area contributed by atoms with Gasteiger partial charge in [0.15, 0.2) is 6.17 Å². The van der Waals surface area contributed by atoms with Gasteiger partial charge < -0.3 is 15.4 Å². The highest BCUT2D eigenvalue weighted by atomic mass is 16.5.